The smallest absolute Gasteiger partial charge is 0.271 e. The van der Waals surface area contributed by atoms with Crippen LogP contribution >= 0.6 is 0 Å². The van der Waals surface area contributed by atoms with Crippen LogP contribution in [0.4, 0.5) is 8.78 Å². The number of nitrogens with zero attached hydrogens (tertiary/aromatic N) is 2. The van der Waals surface area contributed by atoms with Crippen molar-refractivity contribution >= 4 is 22.8 Å². The Morgan fingerprint density at radius 3 is 2.26 bits per heavy atom. The van der Waals surface area contributed by atoms with Crippen molar-refractivity contribution in [2.45, 2.75) is 67.8 Å². The number of amides is 2. The molecule has 3 aromatic rings. The number of para-hydroxylation sites is 2. The molecule has 1 heterocycles. The van der Waals surface area contributed by atoms with Crippen molar-refractivity contribution in [3.63, 3.8) is 0 Å². The summed E-state index contributed by atoms with van der Waals surface area (Å²) < 4.78 is 27.5. The fourth-order valence-corrected chi connectivity index (χ4v) is 4.87. The van der Waals surface area contributed by atoms with E-state index in [1.54, 1.807) is 54.6 Å². The Balaban J connectivity index is 1.59. The summed E-state index contributed by atoms with van der Waals surface area (Å²) in [7, 11) is 0. The van der Waals surface area contributed by atoms with E-state index in [1.807, 2.05) is 0 Å². The molecule has 1 aliphatic rings. The molecule has 9 nitrogen and oxygen atoms in total. The van der Waals surface area contributed by atoms with Crippen LogP contribution in [-0.2, 0) is 11.2 Å². The molecule has 2 amide bonds. The number of carbonyl (C=O) groups is 2. The summed E-state index contributed by atoms with van der Waals surface area (Å²) in [6.45, 7) is 0. The summed E-state index contributed by atoms with van der Waals surface area (Å²) >= 11 is 0. The summed E-state index contributed by atoms with van der Waals surface area (Å²) in [6, 6.07) is 14.7. The Hall–Kier alpha value is -3.54. The van der Waals surface area contributed by atoms with Crippen LogP contribution in [0, 0.1) is 0 Å². The third-order valence-corrected chi connectivity index (χ3v) is 7.25. The molecule has 3 atom stereocenters. The maximum atomic E-state index is 13.8. The summed E-state index contributed by atoms with van der Waals surface area (Å²) in [5.41, 5.74) is 2.23. The van der Waals surface area contributed by atoms with E-state index >= 15 is 0 Å². The maximum absolute atomic E-state index is 13.8. The maximum Gasteiger partial charge on any atom is 0.271 e. The van der Waals surface area contributed by atoms with Crippen molar-refractivity contribution < 1.29 is 33.7 Å². The quantitative estimate of drug-likeness (QED) is 0.284. The van der Waals surface area contributed by atoms with Crippen LogP contribution < -0.4 is 11.1 Å². The lowest BCUT2D eigenvalue weighted by molar-refractivity contribution is -0.207. The Labute approximate surface area is 217 Å². The molecule has 11 heteroatoms. The van der Waals surface area contributed by atoms with Crippen LogP contribution in [0.3, 0.4) is 0 Å². The number of nitrogens with two attached hydrogens (primary N) is 1. The van der Waals surface area contributed by atoms with Gasteiger partial charge in [0.1, 0.15) is 11.3 Å². The predicted octanol–water partition coefficient (Wildman–Crippen LogP) is 1.88. The fourth-order valence-electron chi connectivity index (χ4n) is 4.87. The number of alkyl halides is 2. The van der Waals surface area contributed by atoms with Gasteiger partial charge in [-0.25, -0.2) is 13.8 Å². The summed E-state index contributed by atoms with van der Waals surface area (Å²) in [5.74, 6) is -5.06. The molecule has 0 unspecified atom stereocenters. The second-order valence-corrected chi connectivity index (χ2v) is 9.90. The molecule has 38 heavy (non-hydrogen) atoms. The van der Waals surface area contributed by atoms with Crippen molar-refractivity contribution in [2.75, 3.05) is 0 Å². The number of benzene rings is 2. The van der Waals surface area contributed by atoms with Crippen molar-refractivity contribution in [3.8, 4) is 0 Å². The van der Waals surface area contributed by atoms with Gasteiger partial charge in [-0.05, 0) is 37.0 Å². The van der Waals surface area contributed by atoms with Crippen LogP contribution in [0.25, 0.3) is 11.0 Å². The number of hydrogen-bond donors (Lipinski definition) is 5. The van der Waals surface area contributed by atoms with Gasteiger partial charge in [0.2, 0.25) is 5.92 Å². The van der Waals surface area contributed by atoms with E-state index in [0.717, 1.165) is 5.56 Å². The first-order chi connectivity index (χ1) is 17.9. The molecule has 1 aliphatic carbocycles. The highest BCUT2D eigenvalue weighted by molar-refractivity contribution is 5.94. The normalized spacial score (nSPS) is 19.7. The van der Waals surface area contributed by atoms with Crippen LogP contribution in [0.1, 0.15) is 48.2 Å². The van der Waals surface area contributed by atoms with Crippen molar-refractivity contribution in [2.24, 2.45) is 5.73 Å². The van der Waals surface area contributed by atoms with E-state index in [0.29, 0.717) is 11.0 Å². The third-order valence-electron chi connectivity index (χ3n) is 7.25. The van der Waals surface area contributed by atoms with Gasteiger partial charge in [-0.1, -0.05) is 42.5 Å². The minimum atomic E-state index is -3.05. The molecular formula is C27H30F2N4O5. The lowest BCUT2D eigenvalue weighted by Gasteiger charge is -2.46. The second kappa shape index (κ2) is 10.7. The lowest BCUT2D eigenvalue weighted by atomic mass is 9.68. The molecule has 6 N–H and O–H groups in total. The standard InChI is InChI=1S/C27H30F2N4O5/c28-26(29)12-10-25(37,11-13-26)27(38,24(30)36)15-22(34)20(14-17-6-2-1-3-7-17)33-23(35)21-16-31-18-8-4-5-9-19(18)32-21/h1-9,16,20,22,34,37-38H,10-15H2,(H2,30,36)(H,33,35)/t20-,22-,27+/m0/s1. The van der Waals surface area contributed by atoms with Gasteiger partial charge in [0.25, 0.3) is 11.8 Å². The summed E-state index contributed by atoms with van der Waals surface area (Å²) in [6.07, 6.45) is -3.69. The molecular weight excluding hydrogens is 498 g/mol. The zero-order valence-electron chi connectivity index (χ0n) is 20.6. The van der Waals surface area contributed by atoms with E-state index in [9.17, 15) is 33.7 Å². The molecule has 2 aromatic carbocycles. The van der Waals surface area contributed by atoms with Crippen molar-refractivity contribution in [1.29, 1.82) is 0 Å². The Kier molecular flexibility index (Phi) is 7.73. The number of fused-ring (bicyclic) bond motifs is 1. The van der Waals surface area contributed by atoms with E-state index in [4.69, 9.17) is 5.73 Å². The highest BCUT2D eigenvalue weighted by Gasteiger charge is 2.58. The van der Waals surface area contributed by atoms with Gasteiger partial charge in [0.15, 0.2) is 5.60 Å². The van der Waals surface area contributed by atoms with Gasteiger partial charge < -0.3 is 26.4 Å². The number of aliphatic hydroxyl groups is 3. The van der Waals surface area contributed by atoms with Gasteiger partial charge in [-0.15, -0.1) is 0 Å². The number of aliphatic hydroxyl groups excluding tert-OH is 1. The SMILES string of the molecule is NC(=O)[C@](O)(C[C@H](O)[C@H](Cc1ccccc1)NC(=O)c1cnc2ccccc2n1)C1(O)CCC(F)(F)CC1. The molecule has 0 saturated heterocycles. The van der Waals surface area contributed by atoms with Crippen LogP contribution in [-0.4, -0.2) is 66.4 Å². The van der Waals surface area contributed by atoms with Gasteiger partial charge in [0, 0.05) is 19.3 Å². The lowest BCUT2D eigenvalue weighted by Crippen LogP contribution is -2.66. The fraction of sp³-hybridized carbons (Fsp3) is 0.407. The van der Waals surface area contributed by atoms with Gasteiger partial charge in [-0.2, -0.15) is 0 Å². The van der Waals surface area contributed by atoms with Crippen LogP contribution in [0.15, 0.2) is 60.8 Å². The predicted molar refractivity (Wildman–Crippen MR) is 134 cm³/mol. The third kappa shape index (κ3) is 5.79. The topological polar surface area (TPSA) is 159 Å². The summed E-state index contributed by atoms with van der Waals surface area (Å²) in [4.78, 5) is 34.0. The zero-order valence-corrected chi connectivity index (χ0v) is 20.6. The largest absolute Gasteiger partial charge is 0.391 e. The molecule has 0 bridgehead atoms. The first-order valence-corrected chi connectivity index (χ1v) is 12.3. The molecule has 1 aromatic heterocycles. The van der Waals surface area contributed by atoms with Crippen LogP contribution in [0.5, 0.6) is 0 Å². The monoisotopic (exact) mass is 528 g/mol. The molecule has 1 fully saturated rings. The van der Waals surface area contributed by atoms with Crippen molar-refractivity contribution in [1.82, 2.24) is 15.3 Å². The number of aromatic nitrogens is 2. The second-order valence-electron chi connectivity index (χ2n) is 9.90. The number of halogens is 2. The highest BCUT2D eigenvalue weighted by Crippen LogP contribution is 2.45. The number of carbonyl (C=O) groups excluding carboxylic acids is 2. The Morgan fingerprint density at radius 2 is 1.63 bits per heavy atom. The van der Waals surface area contributed by atoms with Crippen molar-refractivity contribution in [3.05, 3.63) is 72.1 Å². The van der Waals surface area contributed by atoms with Crippen LogP contribution in [0.2, 0.25) is 0 Å². The average Bonchev–Trinajstić information content (AvgIpc) is 2.90. The average molecular weight is 529 g/mol. The summed E-state index contributed by atoms with van der Waals surface area (Å²) in [5, 5.41) is 36.2. The van der Waals surface area contributed by atoms with E-state index in [2.05, 4.69) is 15.3 Å². The molecule has 1 saturated carbocycles. The number of primary amides is 1. The minimum Gasteiger partial charge on any atom is -0.391 e. The Morgan fingerprint density at radius 1 is 1.03 bits per heavy atom. The van der Waals surface area contributed by atoms with E-state index < -0.39 is 73.2 Å². The highest BCUT2D eigenvalue weighted by atomic mass is 19.3. The molecule has 0 spiro atoms. The Bertz CT molecular complexity index is 1300. The van der Waals surface area contributed by atoms with E-state index in [1.165, 1.54) is 6.20 Å². The molecule has 0 aliphatic heterocycles. The molecule has 0 radical (unpaired) electrons. The first-order valence-electron chi connectivity index (χ1n) is 12.3. The number of nitrogens with one attached hydrogen (secondary N) is 1. The molecule has 202 valence electrons. The van der Waals surface area contributed by atoms with Gasteiger partial charge in [-0.3, -0.25) is 14.6 Å². The van der Waals surface area contributed by atoms with Gasteiger partial charge >= 0.3 is 0 Å². The van der Waals surface area contributed by atoms with E-state index in [-0.39, 0.29) is 12.1 Å². The van der Waals surface area contributed by atoms with Gasteiger partial charge in [0.05, 0.1) is 29.4 Å². The number of rotatable bonds is 9. The number of hydrogen-bond acceptors (Lipinski definition) is 7. The minimum absolute atomic E-state index is 0.0211. The first kappa shape index (κ1) is 27.5. The molecule has 4 rings (SSSR count). The zero-order chi connectivity index (χ0) is 27.6.